The number of amides is 1. The van der Waals surface area contributed by atoms with E-state index in [9.17, 15) is 44.4 Å². The van der Waals surface area contributed by atoms with Gasteiger partial charge in [-0.05, 0) is 67.0 Å². The van der Waals surface area contributed by atoms with E-state index in [0.29, 0.717) is 0 Å². The zero-order valence-corrected chi connectivity index (χ0v) is 35.6. The summed E-state index contributed by atoms with van der Waals surface area (Å²) in [5.74, 6) is -7.18. The zero-order chi connectivity index (χ0) is 45.8. The van der Waals surface area contributed by atoms with Crippen LogP contribution < -0.4 is 5.32 Å². The molecule has 5 N–H and O–H groups in total. The van der Waals surface area contributed by atoms with Crippen LogP contribution in [0.25, 0.3) is 0 Å². The summed E-state index contributed by atoms with van der Waals surface area (Å²) in [4.78, 5) is 83.5. The van der Waals surface area contributed by atoms with Crippen LogP contribution in [0.15, 0.2) is 96.1 Å². The third kappa shape index (κ3) is 7.58. The van der Waals surface area contributed by atoms with Crippen molar-refractivity contribution >= 4 is 35.6 Å². The molecule has 2 saturated carbocycles. The second kappa shape index (κ2) is 16.6. The number of Topliss-reactive ketones (excluding diaryl/α,β-unsaturated/α-hetero) is 1. The van der Waals surface area contributed by atoms with E-state index in [1.54, 1.807) is 50.2 Å². The maximum absolute atomic E-state index is 15.5. The minimum atomic E-state index is -2.42. The van der Waals surface area contributed by atoms with Gasteiger partial charge in [-0.25, -0.2) is 9.59 Å². The molecule has 16 heteroatoms. The van der Waals surface area contributed by atoms with Gasteiger partial charge < -0.3 is 49.4 Å². The fraction of sp³-hybridized carbons (Fsp3) is 0.447. The van der Waals surface area contributed by atoms with Crippen LogP contribution in [0.3, 0.4) is 0 Å². The van der Waals surface area contributed by atoms with E-state index in [1.165, 1.54) is 62.4 Å². The highest BCUT2D eigenvalue weighted by Gasteiger charge is 2.78. The third-order valence-electron chi connectivity index (χ3n) is 13.6. The van der Waals surface area contributed by atoms with E-state index in [2.05, 4.69) is 5.32 Å². The molecule has 1 saturated heterocycles. The summed E-state index contributed by atoms with van der Waals surface area (Å²) in [5, 5.41) is 50.2. The summed E-state index contributed by atoms with van der Waals surface area (Å²) in [6.07, 6.45) is -10.8. The minimum Gasteiger partial charge on any atom is -0.508 e. The molecule has 1 aliphatic heterocycles. The number of esters is 4. The zero-order valence-electron chi connectivity index (χ0n) is 35.6. The molecule has 334 valence electrons. The molecule has 2 bridgehead atoms. The van der Waals surface area contributed by atoms with E-state index in [1.807, 2.05) is 0 Å². The van der Waals surface area contributed by atoms with Gasteiger partial charge in [-0.2, -0.15) is 0 Å². The number of carbonyl (C=O) groups excluding carboxylic acids is 6. The van der Waals surface area contributed by atoms with E-state index in [-0.39, 0.29) is 46.6 Å². The van der Waals surface area contributed by atoms with Gasteiger partial charge in [0, 0.05) is 37.7 Å². The molecule has 16 nitrogen and oxygen atoms in total. The van der Waals surface area contributed by atoms with Crippen LogP contribution in [0.2, 0.25) is 0 Å². The molecule has 0 radical (unpaired) electrons. The van der Waals surface area contributed by atoms with E-state index in [0.717, 1.165) is 13.8 Å². The Morgan fingerprint density at radius 1 is 0.841 bits per heavy atom. The van der Waals surface area contributed by atoms with Crippen molar-refractivity contribution in [2.24, 2.45) is 16.7 Å². The molecular formula is C47H51NO15. The summed E-state index contributed by atoms with van der Waals surface area (Å²) in [6.45, 7) is 7.86. The minimum absolute atomic E-state index is 0.0302. The number of aromatic hydroxyl groups is 1. The number of rotatable bonds is 10. The van der Waals surface area contributed by atoms with Crippen molar-refractivity contribution in [2.45, 2.75) is 108 Å². The van der Waals surface area contributed by atoms with Crippen molar-refractivity contribution in [1.82, 2.24) is 5.32 Å². The fourth-order valence-corrected chi connectivity index (χ4v) is 10.2. The lowest BCUT2D eigenvalue weighted by atomic mass is 9.44. The van der Waals surface area contributed by atoms with Gasteiger partial charge in [0.05, 0.1) is 35.6 Å². The summed E-state index contributed by atoms with van der Waals surface area (Å²) in [5.41, 5.74) is -7.39. The number of phenols is 1. The molecule has 7 rings (SSSR count). The van der Waals surface area contributed by atoms with Crippen LogP contribution in [0.1, 0.15) is 86.7 Å². The highest BCUT2D eigenvalue weighted by Crippen LogP contribution is 2.64. The van der Waals surface area contributed by atoms with Crippen molar-refractivity contribution in [1.29, 1.82) is 0 Å². The smallest absolute Gasteiger partial charge is 0.338 e. The Hall–Kier alpha value is -5.94. The lowest BCUT2D eigenvalue weighted by molar-refractivity contribution is -0.346. The summed E-state index contributed by atoms with van der Waals surface area (Å²) < 4.78 is 30.2. The van der Waals surface area contributed by atoms with Crippen molar-refractivity contribution < 1.29 is 72.9 Å². The van der Waals surface area contributed by atoms with E-state index in [4.69, 9.17) is 23.7 Å². The van der Waals surface area contributed by atoms with Gasteiger partial charge in [-0.3, -0.25) is 19.2 Å². The average Bonchev–Trinajstić information content (AvgIpc) is 3.24. The number of hydrogen-bond acceptors (Lipinski definition) is 15. The molecule has 3 fully saturated rings. The number of aliphatic hydroxyl groups is 3. The second-order valence-corrected chi connectivity index (χ2v) is 17.5. The van der Waals surface area contributed by atoms with Gasteiger partial charge in [0.15, 0.2) is 23.6 Å². The Labute approximate surface area is 363 Å². The maximum Gasteiger partial charge on any atom is 0.338 e. The third-order valence-corrected chi connectivity index (χ3v) is 13.6. The van der Waals surface area contributed by atoms with Gasteiger partial charge in [0.25, 0.3) is 5.91 Å². The molecule has 4 aliphatic rings. The number of hydrogen-bond donors (Lipinski definition) is 5. The number of ether oxygens (including phenoxy) is 5. The van der Waals surface area contributed by atoms with Crippen LogP contribution in [0.5, 0.6) is 5.75 Å². The van der Waals surface area contributed by atoms with Crippen LogP contribution in [0.4, 0.5) is 0 Å². The Morgan fingerprint density at radius 3 is 2.00 bits per heavy atom. The Balaban J connectivity index is 1.39. The normalized spacial score (nSPS) is 31.5. The number of fused-ring (bicyclic) bond motifs is 5. The number of ketones is 1. The van der Waals surface area contributed by atoms with Crippen molar-refractivity contribution in [3.63, 3.8) is 0 Å². The number of carbonyl (C=O) groups is 6. The standard InChI is InChI=1S/C47H51NO15/c1-24-31(61-43(57)36(53)35(27-17-19-30(51)20-18-27)48-41(55)28-13-9-7-10-14-28)22-47(58)40(62-42(56)29-15-11-8-12-16-29)38-45(6,32(52)21-33-46(38,23-59-33)63-26(3)50)39(54)37(60-25(2)49)34(24)44(47,4)5/h7-20,31-33,35-38,40,51-53,58H,21-23H2,1-6H3,(H,48,55)/t31-,32-,33?,35-,36+,37+,38-,40+,45+,46?,47+/m0/s1. The SMILES string of the molecule is CC(=O)O[C@H]1C(=O)[C@@]2(C)[C@H]([C@@H](OC(=O)c3ccccc3)[C@]3(O)C[C@H](OC(=O)[C@H](O)[C@@H](NC(=O)c4ccccc4)c4ccc(O)cc4)C(C)=C1C3(C)C)C1(OC(C)=O)COC1C[C@@H]2O. The first-order valence-corrected chi connectivity index (χ1v) is 20.6. The van der Waals surface area contributed by atoms with Crippen molar-refractivity contribution in [3.8, 4) is 5.75 Å². The van der Waals surface area contributed by atoms with Gasteiger partial charge in [0.2, 0.25) is 0 Å². The molecule has 3 aromatic carbocycles. The van der Waals surface area contributed by atoms with Gasteiger partial charge in [-0.1, -0.05) is 62.4 Å². The topological polar surface area (TPSA) is 242 Å². The average molecular weight is 870 g/mol. The molecule has 3 aliphatic carbocycles. The van der Waals surface area contributed by atoms with Crippen LogP contribution >= 0.6 is 0 Å². The van der Waals surface area contributed by atoms with Crippen LogP contribution in [-0.4, -0.2) is 110 Å². The number of aliphatic hydroxyl groups excluding tert-OH is 2. The quantitative estimate of drug-likeness (QED) is 0.111. The monoisotopic (exact) mass is 869 g/mol. The Kier molecular flexibility index (Phi) is 11.9. The first-order valence-electron chi connectivity index (χ1n) is 20.6. The van der Waals surface area contributed by atoms with Crippen LogP contribution in [-0.2, 0) is 42.9 Å². The molecule has 0 spiro atoms. The molecule has 11 atom stereocenters. The number of phenolic OH excluding ortho intramolecular Hbond substituents is 1. The maximum atomic E-state index is 15.5. The largest absolute Gasteiger partial charge is 0.508 e. The van der Waals surface area contributed by atoms with Gasteiger partial charge >= 0.3 is 23.9 Å². The van der Waals surface area contributed by atoms with Crippen molar-refractivity contribution in [2.75, 3.05) is 6.61 Å². The first-order chi connectivity index (χ1) is 29.7. The lowest BCUT2D eigenvalue weighted by Crippen LogP contribution is -2.82. The molecule has 63 heavy (non-hydrogen) atoms. The van der Waals surface area contributed by atoms with Crippen molar-refractivity contribution in [3.05, 3.63) is 113 Å². The lowest BCUT2D eigenvalue weighted by Gasteiger charge is -2.67. The van der Waals surface area contributed by atoms with E-state index >= 15 is 4.79 Å². The molecule has 1 heterocycles. The fourth-order valence-electron chi connectivity index (χ4n) is 10.2. The number of nitrogens with one attached hydrogen (secondary N) is 1. The van der Waals surface area contributed by atoms with Gasteiger partial charge in [-0.15, -0.1) is 0 Å². The summed E-state index contributed by atoms with van der Waals surface area (Å²) in [7, 11) is 0. The molecule has 2 unspecified atom stereocenters. The molecule has 1 amide bonds. The Morgan fingerprint density at radius 2 is 1.44 bits per heavy atom. The number of benzene rings is 3. The highest BCUT2D eigenvalue weighted by atomic mass is 16.6. The molecule has 0 aromatic heterocycles. The van der Waals surface area contributed by atoms with E-state index < -0.39 is 113 Å². The molecular weight excluding hydrogens is 819 g/mol. The Bertz CT molecular complexity index is 2330. The predicted octanol–water partition coefficient (Wildman–Crippen LogP) is 3.44. The van der Waals surface area contributed by atoms with Crippen LogP contribution in [0, 0.1) is 16.7 Å². The predicted molar refractivity (Wildman–Crippen MR) is 219 cm³/mol. The molecule has 3 aromatic rings. The van der Waals surface area contributed by atoms with Gasteiger partial charge in [0.1, 0.15) is 29.7 Å². The second-order valence-electron chi connectivity index (χ2n) is 17.5. The summed E-state index contributed by atoms with van der Waals surface area (Å²) >= 11 is 0. The first kappa shape index (κ1) is 45.1. The highest BCUT2D eigenvalue weighted by molar-refractivity contribution is 5.96. The summed E-state index contributed by atoms with van der Waals surface area (Å²) in [6, 6.07) is 19.7.